The largest absolute Gasteiger partial charge is 0.353 e. The maximum Gasteiger partial charge on any atom is 0.337 e. The molecule has 108 valence electrons. The van der Waals surface area contributed by atoms with Crippen LogP contribution in [0, 0.1) is 0 Å². The lowest BCUT2D eigenvalue weighted by atomic mass is 10.1. The zero-order valence-corrected chi connectivity index (χ0v) is 11.7. The first kappa shape index (κ1) is 14.6. The van der Waals surface area contributed by atoms with E-state index in [-0.39, 0.29) is 24.0 Å². The van der Waals surface area contributed by atoms with Crippen molar-refractivity contribution in [1.29, 1.82) is 0 Å². The minimum atomic E-state index is -0.367. The number of hydrogen-bond donors (Lipinski definition) is 2. The second-order valence-electron chi connectivity index (χ2n) is 4.88. The van der Waals surface area contributed by atoms with Gasteiger partial charge in [0.1, 0.15) is 12.1 Å². The van der Waals surface area contributed by atoms with Gasteiger partial charge < -0.3 is 19.0 Å². The Morgan fingerprint density at radius 3 is 1.68 bits per heavy atom. The number of rotatable bonds is 4. The van der Waals surface area contributed by atoms with Crippen molar-refractivity contribution in [2.24, 2.45) is 0 Å². The molecule has 2 fully saturated rings. The van der Waals surface area contributed by atoms with Gasteiger partial charge in [-0.1, -0.05) is 12.8 Å². The summed E-state index contributed by atoms with van der Waals surface area (Å²) in [5.41, 5.74) is 0. The van der Waals surface area contributed by atoms with E-state index < -0.39 is 0 Å². The van der Waals surface area contributed by atoms with Crippen LogP contribution < -0.4 is 10.6 Å². The molecule has 6 nitrogen and oxygen atoms in total. The van der Waals surface area contributed by atoms with Gasteiger partial charge in [-0.2, -0.15) is 0 Å². The lowest BCUT2D eigenvalue weighted by Crippen LogP contribution is -2.41. The van der Waals surface area contributed by atoms with Gasteiger partial charge >= 0.3 is 11.9 Å². The molecule has 0 saturated carbocycles. The first-order valence-electron chi connectivity index (χ1n) is 6.83. The molecule has 2 rings (SSSR count). The summed E-state index contributed by atoms with van der Waals surface area (Å²) in [4.78, 5) is 23.3. The van der Waals surface area contributed by atoms with Crippen molar-refractivity contribution < 1.29 is 18.0 Å². The molecule has 2 unspecified atom stereocenters. The molecule has 7 heteroatoms. The highest BCUT2D eigenvalue weighted by Gasteiger charge is 2.25. The van der Waals surface area contributed by atoms with Crippen LogP contribution in [0.2, 0.25) is 0 Å². The van der Waals surface area contributed by atoms with Gasteiger partial charge in [0.05, 0.1) is 0 Å². The van der Waals surface area contributed by atoms with E-state index in [0.29, 0.717) is 12.3 Å². The number of carbonyl (C=O) groups excluding carboxylic acids is 2. The molecule has 2 atom stereocenters. The van der Waals surface area contributed by atoms with Crippen LogP contribution in [-0.4, -0.2) is 37.1 Å². The molecule has 2 heterocycles. The quantitative estimate of drug-likeness (QED) is 0.745. The van der Waals surface area contributed by atoms with E-state index in [9.17, 15) is 9.59 Å². The highest BCUT2D eigenvalue weighted by atomic mass is 32.2. The van der Waals surface area contributed by atoms with Crippen molar-refractivity contribution in [2.75, 3.05) is 13.1 Å². The van der Waals surface area contributed by atoms with E-state index in [1.54, 1.807) is 0 Å². The van der Waals surface area contributed by atoms with E-state index in [1.807, 2.05) is 0 Å². The Labute approximate surface area is 117 Å². The number of hydrogen-bond acceptors (Lipinski definition) is 7. The van der Waals surface area contributed by atoms with E-state index in [4.69, 9.17) is 8.37 Å². The molecule has 0 aromatic heterocycles. The summed E-state index contributed by atoms with van der Waals surface area (Å²) < 4.78 is 9.77. The fourth-order valence-corrected chi connectivity index (χ4v) is 2.71. The Morgan fingerprint density at radius 2 is 1.32 bits per heavy atom. The summed E-state index contributed by atoms with van der Waals surface area (Å²) in [7, 11) is 0. The Balaban J connectivity index is 1.62. The summed E-state index contributed by atoms with van der Waals surface area (Å²) in [6, 6.07) is -0.541. The van der Waals surface area contributed by atoms with Gasteiger partial charge in [-0.3, -0.25) is 0 Å². The third-order valence-corrected chi connectivity index (χ3v) is 3.89. The molecule has 19 heavy (non-hydrogen) atoms. The molecule has 0 spiro atoms. The van der Waals surface area contributed by atoms with Gasteiger partial charge in [0, 0.05) is 0 Å². The summed E-state index contributed by atoms with van der Waals surface area (Å²) in [6.07, 6.45) is 5.75. The van der Waals surface area contributed by atoms with Gasteiger partial charge in [0.2, 0.25) is 0 Å². The second-order valence-corrected chi connectivity index (χ2v) is 5.35. The van der Waals surface area contributed by atoms with Crippen molar-refractivity contribution in [3.05, 3.63) is 0 Å². The average molecular weight is 288 g/mol. The molecule has 2 N–H and O–H groups in total. The lowest BCUT2D eigenvalue weighted by Gasteiger charge is -2.22. The van der Waals surface area contributed by atoms with E-state index in [1.165, 1.54) is 0 Å². The minimum absolute atomic E-state index is 0.271. The van der Waals surface area contributed by atoms with E-state index >= 15 is 0 Å². The van der Waals surface area contributed by atoms with Crippen molar-refractivity contribution in [3.63, 3.8) is 0 Å². The molecule has 2 saturated heterocycles. The van der Waals surface area contributed by atoms with Gasteiger partial charge in [-0.15, -0.1) is 0 Å². The summed E-state index contributed by atoms with van der Waals surface area (Å²) in [5, 5.41) is 6.16. The van der Waals surface area contributed by atoms with E-state index in [2.05, 4.69) is 10.6 Å². The Morgan fingerprint density at radius 1 is 0.842 bits per heavy atom. The summed E-state index contributed by atoms with van der Waals surface area (Å²) >= 11 is 0.478. The molecule has 2 aliphatic rings. The highest BCUT2D eigenvalue weighted by Crippen LogP contribution is 2.15. The van der Waals surface area contributed by atoms with E-state index in [0.717, 1.165) is 51.6 Å². The molecular weight excluding hydrogens is 268 g/mol. The Bertz CT molecular complexity index is 285. The smallest absolute Gasteiger partial charge is 0.337 e. The zero-order valence-electron chi connectivity index (χ0n) is 10.9. The standard InChI is InChI=1S/C12H20N2O4S/c15-11(9-5-1-3-7-13-9)17-19-18-12(16)10-6-2-4-8-14-10/h9-10,13-14H,1-8H2. The fourth-order valence-electron chi connectivity index (χ4n) is 2.31. The van der Waals surface area contributed by atoms with Crippen molar-refractivity contribution in [1.82, 2.24) is 10.6 Å². The lowest BCUT2D eigenvalue weighted by molar-refractivity contribution is -0.139. The van der Waals surface area contributed by atoms with Gasteiger partial charge in [0.15, 0.2) is 0 Å². The monoisotopic (exact) mass is 288 g/mol. The fraction of sp³-hybridized carbons (Fsp3) is 0.833. The van der Waals surface area contributed by atoms with Crippen LogP contribution >= 0.6 is 12.3 Å². The van der Waals surface area contributed by atoms with Crippen LogP contribution in [-0.2, 0) is 18.0 Å². The first-order valence-corrected chi connectivity index (χ1v) is 7.49. The number of piperidine rings is 2. The van der Waals surface area contributed by atoms with Crippen LogP contribution in [0.25, 0.3) is 0 Å². The second kappa shape index (κ2) is 7.72. The molecule has 0 amide bonds. The Kier molecular flexibility index (Phi) is 5.93. The third-order valence-electron chi connectivity index (χ3n) is 3.42. The predicted molar refractivity (Wildman–Crippen MR) is 71.1 cm³/mol. The zero-order chi connectivity index (χ0) is 13.5. The van der Waals surface area contributed by atoms with Crippen molar-refractivity contribution in [2.45, 2.75) is 50.6 Å². The molecule has 0 aromatic carbocycles. The molecule has 0 bridgehead atoms. The maximum atomic E-state index is 11.6. The van der Waals surface area contributed by atoms with Crippen LogP contribution in [0.3, 0.4) is 0 Å². The summed E-state index contributed by atoms with van der Waals surface area (Å²) in [5.74, 6) is -0.733. The van der Waals surface area contributed by atoms with Crippen molar-refractivity contribution in [3.8, 4) is 0 Å². The number of nitrogens with one attached hydrogen (secondary N) is 2. The molecular formula is C12H20N2O4S. The van der Waals surface area contributed by atoms with Gasteiger partial charge in [-0.25, -0.2) is 9.59 Å². The molecule has 0 radical (unpaired) electrons. The summed E-state index contributed by atoms with van der Waals surface area (Å²) in [6.45, 7) is 1.66. The average Bonchev–Trinajstić information content (AvgIpc) is 2.49. The van der Waals surface area contributed by atoms with Crippen LogP contribution in [0.4, 0.5) is 0 Å². The Hall–Kier alpha value is -0.790. The molecule has 0 aliphatic carbocycles. The molecule has 0 aromatic rings. The maximum absolute atomic E-state index is 11.6. The number of carbonyl (C=O) groups is 2. The first-order chi connectivity index (χ1) is 9.27. The highest BCUT2D eigenvalue weighted by molar-refractivity contribution is 7.90. The van der Waals surface area contributed by atoms with Gasteiger partial charge in [-0.05, 0) is 38.8 Å². The van der Waals surface area contributed by atoms with Crippen LogP contribution in [0.1, 0.15) is 38.5 Å². The SMILES string of the molecule is O=C(OSOC(=O)C1CCCCN1)C1CCCCN1. The molecule has 2 aliphatic heterocycles. The minimum Gasteiger partial charge on any atom is -0.353 e. The third kappa shape index (κ3) is 4.67. The van der Waals surface area contributed by atoms with Crippen LogP contribution in [0.15, 0.2) is 0 Å². The van der Waals surface area contributed by atoms with Crippen LogP contribution in [0.5, 0.6) is 0 Å². The topological polar surface area (TPSA) is 76.7 Å². The van der Waals surface area contributed by atoms with Gasteiger partial charge in [0.25, 0.3) is 12.3 Å². The van der Waals surface area contributed by atoms with Crippen molar-refractivity contribution >= 4 is 24.3 Å². The normalized spacial score (nSPS) is 27.6. The predicted octanol–water partition coefficient (Wildman–Crippen LogP) is 0.920.